The van der Waals surface area contributed by atoms with Gasteiger partial charge >= 0.3 is 5.97 Å². The Labute approximate surface area is 124 Å². The quantitative estimate of drug-likeness (QED) is 0.802. The number of hydrogen-bond donors (Lipinski definition) is 1. The highest BCUT2D eigenvalue weighted by Crippen LogP contribution is 2.25. The summed E-state index contributed by atoms with van der Waals surface area (Å²) in [5.74, 6) is -1.08. The summed E-state index contributed by atoms with van der Waals surface area (Å²) < 4.78 is 15.5. The molecule has 0 atom stereocenters. The first-order valence-corrected chi connectivity index (χ1v) is 7.36. The van der Waals surface area contributed by atoms with Crippen LogP contribution in [0.5, 0.6) is 0 Å². The molecule has 2 heterocycles. The lowest BCUT2D eigenvalue weighted by atomic mass is 10.1. The molecule has 0 aliphatic carbocycles. The van der Waals surface area contributed by atoms with Crippen LogP contribution < -0.4 is 0 Å². The van der Waals surface area contributed by atoms with Gasteiger partial charge in [-0.15, -0.1) is 11.3 Å². The number of carbonyl (C=O) groups is 1. The number of benzene rings is 1. The van der Waals surface area contributed by atoms with Gasteiger partial charge in [0, 0.05) is 22.8 Å². The third-order valence-corrected chi connectivity index (χ3v) is 4.23. The zero-order valence-corrected chi connectivity index (χ0v) is 12.2. The summed E-state index contributed by atoms with van der Waals surface area (Å²) >= 11 is 1.45. The zero-order valence-electron chi connectivity index (χ0n) is 11.3. The van der Waals surface area contributed by atoms with Crippen molar-refractivity contribution in [2.24, 2.45) is 0 Å². The van der Waals surface area contributed by atoms with E-state index < -0.39 is 5.97 Å². The predicted molar refractivity (Wildman–Crippen MR) is 79.2 cm³/mol. The van der Waals surface area contributed by atoms with Crippen molar-refractivity contribution in [1.29, 1.82) is 0 Å². The first-order valence-electron chi connectivity index (χ1n) is 6.48. The molecule has 0 fully saturated rings. The van der Waals surface area contributed by atoms with Gasteiger partial charge in [0.1, 0.15) is 5.82 Å². The first kappa shape index (κ1) is 13.8. The lowest BCUT2D eigenvalue weighted by Gasteiger charge is -1.99. The van der Waals surface area contributed by atoms with Crippen molar-refractivity contribution in [2.75, 3.05) is 0 Å². The molecule has 3 rings (SSSR count). The molecule has 1 aromatic carbocycles. The number of carboxylic acids is 1. The number of rotatable bonds is 4. The minimum Gasteiger partial charge on any atom is -0.481 e. The summed E-state index contributed by atoms with van der Waals surface area (Å²) in [7, 11) is 0. The highest BCUT2D eigenvalue weighted by Gasteiger charge is 2.11. The molecule has 0 radical (unpaired) electrons. The number of aryl methyl sites for hydroxylation is 2. The molecule has 0 unspecified atom stereocenters. The van der Waals surface area contributed by atoms with Crippen molar-refractivity contribution in [1.82, 2.24) is 9.38 Å². The molecule has 0 amide bonds. The van der Waals surface area contributed by atoms with Crippen LogP contribution in [0.1, 0.15) is 17.7 Å². The molecule has 108 valence electrons. The maximum atomic E-state index is 13.6. The standard InChI is InChI=1S/C15H13FN2O2S/c1-9-2-3-10(6-12(9)16)13-7-18-11(4-5-14(19)20)8-21-15(18)17-13/h2-3,6-8H,4-5H2,1H3,(H,19,20). The smallest absolute Gasteiger partial charge is 0.303 e. The third-order valence-electron chi connectivity index (χ3n) is 3.35. The van der Waals surface area contributed by atoms with Gasteiger partial charge in [-0.2, -0.15) is 0 Å². The Morgan fingerprint density at radius 2 is 2.29 bits per heavy atom. The van der Waals surface area contributed by atoms with Gasteiger partial charge < -0.3 is 5.11 Å². The second-order valence-corrected chi connectivity index (χ2v) is 5.70. The molecule has 3 aromatic rings. The second kappa shape index (κ2) is 5.29. The number of aromatic nitrogens is 2. The summed E-state index contributed by atoms with van der Waals surface area (Å²) in [4.78, 5) is 15.9. The molecule has 0 aliphatic heterocycles. The highest BCUT2D eigenvalue weighted by atomic mass is 32.1. The molecule has 6 heteroatoms. The van der Waals surface area contributed by atoms with E-state index >= 15 is 0 Å². The molecule has 21 heavy (non-hydrogen) atoms. The minimum atomic E-state index is -0.824. The number of hydrogen-bond acceptors (Lipinski definition) is 3. The van der Waals surface area contributed by atoms with Gasteiger partial charge in [0.2, 0.25) is 0 Å². The number of carboxylic acid groups (broad SMARTS) is 1. The average Bonchev–Trinajstić information content (AvgIpc) is 3.00. The monoisotopic (exact) mass is 304 g/mol. The number of nitrogens with zero attached hydrogens (tertiary/aromatic N) is 2. The Kier molecular flexibility index (Phi) is 3.47. The third kappa shape index (κ3) is 2.67. The lowest BCUT2D eigenvalue weighted by molar-refractivity contribution is -0.136. The van der Waals surface area contributed by atoms with E-state index in [9.17, 15) is 9.18 Å². The predicted octanol–water partition coefficient (Wildman–Crippen LogP) is 3.53. The summed E-state index contributed by atoms with van der Waals surface area (Å²) in [6.45, 7) is 1.72. The van der Waals surface area contributed by atoms with E-state index in [1.807, 2.05) is 22.0 Å². The van der Waals surface area contributed by atoms with E-state index in [0.29, 0.717) is 17.7 Å². The van der Waals surface area contributed by atoms with Crippen molar-refractivity contribution < 1.29 is 14.3 Å². The van der Waals surface area contributed by atoms with Crippen LogP contribution in [-0.2, 0) is 11.2 Å². The highest BCUT2D eigenvalue weighted by molar-refractivity contribution is 7.15. The van der Waals surface area contributed by atoms with Gasteiger partial charge in [0.15, 0.2) is 4.96 Å². The summed E-state index contributed by atoms with van der Waals surface area (Å²) in [5.41, 5.74) is 2.92. The van der Waals surface area contributed by atoms with E-state index in [4.69, 9.17) is 5.11 Å². The maximum Gasteiger partial charge on any atom is 0.303 e. The first-order chi connectivity index (χ1) is 10.0. The molecule has 2 aromatic heterocycles. The van der Waals surface area contributed by atoms with Crippen LogP contribution in [0.4, 0.5) is 4.39 Å². The van der Waals surface area contributed by atoms with Crippen LogP contribution in [0.15, 0.2) is 29.8 Å². The SMILES string of the molecule is Cc1ccc(-c2cn3c(CCC(=O)O)csc3n2)cc1F. The van der Waals surface area contributed by atoms with E-state index in [1.54, 1.807) is 13.0 Å². The van der Waals surface area contributed by atoms with E-state index in [1.165, 1.54) is 17.4 Å². The molecular weight excluding hydrogens is 291 g/mol. The molecule has 0 saturated heterocycles. The number of aliphatic carboxylic acids is 1. The molecule has 0 aliphatic rings. The summed E-state index contributed by atoms with van der Waals surface area (Å²) in [6, 6.07) is 5.03. The van der Waals surface area contributed by atoms with Gasteiger partial charge in [-0.25, -0.2) is 9.37 Å². The van der Waals surface area contributed by atoms with Gasteiger partial charge in [-0.1, -0.05) is 12.1 Å². The molecular formula is C15H13FN2O2S. The van der Waals surface area contributed by atoms with Crippen molar-refractivity contribution in [3.63, 3.8) is 0 Å². The largest absolute Gasteiger partial charge is 0.481 e. The minimum absolute atomic E-state index is 0.0819. The number of thiazole rings is 1. The van der Waals surface area contributed by atoms with E-state index in [2.05, 4.69) is 4.98 Å². The van der Waals surface area contributed by atoms with Gasteiger partial charge in [0.05, 0.1) is 12.1 Å². The average molecular weight is 304 g/mol. The van der Waals surface area contributed by atoms with Crippen LogP contribution >= 0.6 is 11.3 Å². The molecule has 0 saturated carbocycles. The Hall–Kier alpha value is -2.21. The second-order valence-electron chi connectivity index (χ2n) is 4.86. The fourth-order valence-corrected chi connectivity index (χ4v) is 3.04. The topological polar surface area (TPSA) is 54.6 Å². The Balaban J connectivity index is 1.97. The maximum absolute atomic E-state index is 13.6. The van der Waals surface area contributed by atoms with Crippen LogP contribution in [-0.4, -0.2) is 20.5 Å². The van der Waals surface area contributed by atoms with Crippen molar-refractivity contribution in [2.45, 2.75) is 19.8 Å². The van der Waals surface area contributed by atoms with Crippen LogP contribution in [0.3, 0.4) is 0 Å². The van der Waals surface area contributed by atoms with Crippen molar-refractivity contribution in [3.8, 4) is 11.3 Å². The fourth-order valence-electron chi connectivity index (χ4n) is 2.14. The summed E-state index contributed by atoms with van der Waals surface area (Å²) in [5, 5.41) is 10.7. The Bertz CT molecular complexity index is 822. The molecule has 4 nitrogen and oxygen atoms in total. The van der Waals surface area contributed by atoms with Crippen LogP contribution in [0.25, 0.3) is 16.2 Å². The number of halogens is 1. The van der Waals surface area contributed by atoms with Crippen molar-refractivity contribution >= 4 is 22.3 Å². The number of imidazole rings is 1. The van der Waals surface area contributed by atoms with Crippen LogP contribution in [0, 0.1) is 12.7 Å². The van der Waals surface area contributed by atoms with Gasteiger partial charge in [-0.05, 0) is 25.0 Å². The Morgan fingerprint density at radius 3 is 3.00 bits per heavy atom. The zero-order chi connectivity index (χ0) is 15.0. The summed E-state index contributed by atoms with van der Waals surface area (Å²) in [6.07, 6.45) is 2.36. The number of fused-ring (bicyclic) bond motifs is 1. The molecule has 0 bridgehead atoms. The normalized spacial score (nSPS) is 11.1. The van der Waals surface area contributed by atoms with Gasteiger partial charge in [0.25, 0.3) is 0 Å². The van der Waals surface area contributed by atoms with E-state index in [0.717, 1.165) is 16.2 Å². The fraction of sp³-hybridized carbons (Fsp3) is 0.200. The van der Waals surface area contributed by atoms with Gasteiger partial charge in [-0.3, -0.25) is 9.20 Å². The molecule has 0 spiro atoms. The lowest BCUT2D eigenvalue weighted by Crippen LogP contribution is -1.99. The van der Waals surface area contributed by atoms with Crippen molar-refractivity contribution in [3.05, 3.63) is 46.9 Å². The van der Waals surface area contributed by atoms with Crippen LogP contribution in [0.2, 0.25) is 0 Å². The van der Waals surface area contributed by atoms with E-state index in [-0.39, 0.29) is 12.2 Å². The Morgan fingerprint density at radius 1 is 1.48 bits per heavy atom. The molecule has 1 N–H and O–H groups in total.